The number of benzene rings is 1. The second-order valence-corrected chi connectivity index (χ2v) is 3.56. The van der Waals surface area contributed by atoms with Gasteiger partial charge in [0.2, 0.25) is 0 Å². The van der Waals surface area contributed by atoms with Crippen LogP contribution in [0.2, 0.25) is 0 Å². The first-order valence-corrected chi connectivity index (χ1v) is 4.94. The smallest absolute Gasteiger partial charge is 0.263 e. The summed E-state index contributed by atoms with van der Waals surface area (Å²) in [6.45, 7) is 3.40. The maximum Gasteiger partial charge on any atom is 0.263 e. The maximum atomic E-state index is 12.4. The molecule has 3 heteroatoms. The summed E-state index contributed by atoms with van der Waals surface area (Å²) in [5.74, 6) is 0.0505. The lowest BCUT2D eigenvalue weighted by Crippen LogP contribution is -2.01. The average molecular weight is 212 g/mol. The summed E-state index contributed by atoms with van der Waals surface area (Å²) >= 11 is 0. The summed E-state index contributed by atoms with van der Waals surface area (Å²) in [5.41, 5.74) is 1.72. The van der Waals surface area contributed by atoms with Crippen LogP contribution in [0.5, 0.6) is 0 Å². The number of hydrogen-bond donors (Lipinski definition) is 0. The fourth-order valence-corrected chi connectivity index (χ4v) is 1.55. The van der Waals surface area contributed by atoms with Crippen molar-refractivity contribution in [2.75, 3.05) is 0 Å². The molecule has 0 aromatic heterocycles. The average Bonchev–Trinajstić information content (AvgIpc) is 2.17. The van der Waals surface area contributed by atoms with E-state index in [-0.39, 0.29) is 11.3 Å². The van der Waals surface area contributed by atoms with Crippen molar-refractivity contribution in [3.8, 4) is 0 Å². The Balaban J connectivity index is 3.03. The zero-order valence-corrected chi connectivity index (χ0v) is 8.89. The van der Waals surface area contributed by atoms with Crippen molar-refractivity contribution >= 4 is 5.78 Å². The molecular weight excluding hydrogens is 198 g/mol. The van der Waals surface area contributed by atoms with Gasteiger partial charge in [-0.2, -0.15) is 0 Å². The first kappa shape index (κ1) is 11.8. The molecule has 0 N–H and O–H groups in total. The molecule has 15 heavy (non-hydrogen) atoms. The van der Waals surface area contributed by atoms with Gasteiger partial charge >= 0.3 is 0 Å². The van der Waals surface area contributed by atoms with E-state index in [4.69, 9.17) is 0 Å². The van der Waals surface area contributed by atoms with E-state index in [0.29, 0.717) is 12.8 Å². The van der Waals surface area contributed by atoms with E-state index in [0.717, 1.165) is 11.1 Å². The molecule has 0 unspecified atom stereocenters. The number of aryl methyl sites for hydroxylation is 1. The van der Waals surface area contributed by atoms with Crippen LogP contribution in [0.15, 0.2) is 18.2 Å². The molecule has 0 saturated heterocycles. The van der Waals surface area contributed by atoms with Crippen LogP contribution in [0.4, 0.5) is 8.78 Å². The van der Waals surface area contributed by atoms with Gasteiger partial charge in [0.15, 0.2) is 0 Å². The lowest BCUT2D eigenvalue weighted by Gasteiger charge is -2.08. The zero-order chi connectivity index (χ0) is 11.4. The lowest BCUT2D eigenvalue weighted by molar-refractivity contribution is -0.116. The molecule has 0 spiro atoms. The van der Waals surface area contributed by atoms with Crippen molar-refractivity contribution < 1.29 is 13.6 Å². The molecule has 0 aliphatic carbocycles. The van der Waals surface area contributed by atoms with Gasteiger partial charge in [-0.1, -0.05) is 19.1 Å². The molecular formula is C12H14F2O. The standard InChI is InChI=1S/C12H14F2O/c1-3-9-7-11(12(13)14)5-4-10(9)6-8(2)15/h4-5,7,12H,3,6H2,1-2H3. The minimum absolute atomic E-state index is 0.0270. The van der Waals surface area contributed by atoms with Crippen molar-refractivity contribution in [1.82, 2.24) is 0 Å². The van der Waals surface area contributed by atoms with Crippen LogP contribution in [-0.2, 0) is 17.6 Å². The van der Waals surface area contributed by atoms with Gasteiger partial charge in [0.1, 0.15) is 5.78 Å². The number of halogens is 2. The Hall–Kier alpha value is -1.25. The highest BCUT2D eigenvalue weighted by molar-refractivity contribution is 5.78. The SMILES string of the molecule is CCc1cc(C(F)F)ccc1CC(C)=O. The molecule has 1 rings (SSSR count). The molecule has 0 bridgehead atoms. The Labute approximate surface area is 88.1 Å². The van der Waals surface area contributed by atoms with E-state index in [1.807, 2.05) is 6.92 Å². The van der Waals surface area contributed by atoms with Crippen molar-refractivity contribution in [2.24, 2.45) is 0 Å². The van der Waals surface area contributed by atoms with Gasteiger partial charge in [-0.25, -0.2) is 8.78 Å². The molecule has 1 aromatic carbocycles. The third-order valence-electron chi connectivity index (χ3n) is 2.30. The van der Waals surface area contributed by atoms with E-state index in [2.05, 4.69) is 0 Å². The van der Waals surface area contributed by atoms with Crippen molar-refractivity contribution in [3.63, 3.8) is 0 Å². The topological polar surface area (TPSA) is 17.1 Å². The number of carbonyl (C=O) groups excluding carboxylic acids is 1. The molecule has 0 aliphatic heterocycles. The van der Waals surface area contributed by atoms with E-state index >= 15 is 0 Å². The predicted octanol–water partition coefficient (Wildman–Crippen LogP) is 3.32. The van der Waals surface area contributed by atoms with Crippen LogP contribution >= 0.6 is 0 Å². The number of carbonyl (C=O) groups is 1. The minimum atomic E-state index is -2.44. The van der Waals surface area contributed by atoms with Crippen molar-refractivity contribution in [1.29, 1.82) is 0 Å². The van der Waals surface area contributed by atoms with Gasteiger partial charge in [0, 0.05) is 12.0 Å². The van der Waals surface area contributed by atoms with Crippen LogP contribution in [0.1, 0.15) is 37.0 Å². The highest BCUT2D eigenvalue weighted by Crippen LogP contribution is 2.22. The summed E-state index contributed by atoms with van der Waals surface area (Å²) in [6, 6.07) is 4.51. The largest absolute Gasteiger partial charge is 0.300 e. The van der Waals surface area contributed by atoms with Gasteiger partial charge in [0.25, 0.3) is 6.43 Å². The summed E-state index contributed by atoms with van der Waals surface area (Å²) in [7, 11) is 0. The van der Waals surface area contributed by atoms with Crippen molar-refractivity contribution in [3.05, 3.63) is 34.9 Å². The maximum absolute atomic E-state index is 12.4. The Morgan fingerprint density at radius 3 is 2.47 bits per heavy atom. The van der Waals surface area contributed by atoms with Gasteiger partial charge in [-0.15, -0.1) is 0 Å². The van der Waals surface area contributed by atoms with Crippen LogP contribution in [-0.4, -0.2) is 5.78 Å². The van der Waals surface area contributed by atoms with Crippen LogP contribution < -0.4 is 0 Å². The van der Waals surface area contributed by atoms with E-state index in [9.17, 15) is 13.6 Å². The molecule has 0 amide bonds. The molecule has 1 nitrogen and oxygen atoms in total. The number of alkyl halides is 2. The normalized spacial score (nSPS) is 10.7. The Kier molecular flexibility index (Phi) is 3.95. The fourth-order valence-electron chi connectivity index (χ4n) is 1.55. The highest BCUT2D eigenvalue weighted by atomic mass is 19.3. The first-order valence-electron chi connectivity index (χ1n) is 4.94. The predicted molar refractivity (Wildman–Crippen MR) is 55.2 cm³/mol. The van der Waals surface area contributed by atoms with E-state index in [1.54, 1.807) is 6.07 Å². The van der Waals surface area contributed by atoms with Crippen LogP contribution in [0.3, 0.4) is 0 Å². The van der Waals surface area contributed by atoms with Gasteiger partial charge in [0.05, 0.1) is 0 Å². The molecule has 0 saturated carbocycles. The molecule has 0 radical (unpaired) electrons. The summed E-state index contributed by atoms with van der Waals surface area (Å²) in [4.78, 5) is 11.0. The number of hydrogen-bond acceptors (Lipinski definition) is 1. The fraction of sp³-hybridized carbons (Fsp3) is 0.417. The van der Waals surface area contributed by atoms with Gasteiger partial charge in [-0.3, -0.25) is 4.79 Å². The number of Topliss-reactive ketones (excluding diaryl/α,β-unsaturated/α-hetero) is 1. The quantitative estimate of drug-likeness (QED) is 0.748. The summed E-state index contributed by atoms with van der Waals surface area (Å²) in [5, 5.41) is 0. The minimum Gasteiger partial charge on any atom is -0.300 e. The lowest BCUT2D eigenvalue weighted by atomic mass is 9.98. The molecule has 0 heterocycles. The molecule has 82 valence electrons. The summed E-state index contributed by atoms with van der Waals surface area (Å²) in [6.07, 6.45) is -1.45. The highest BCUT2D eigenvalue weighted by Gasteiger charge is 2.10. The number of ketones is 1. The van der Waals surface area contributed by atoms with Gasteiger partial charge < -0.3 is 0 Å². The van der Waals surface area contributed by atoms with Gasteiger partial charge in [-0.05, 0) is 30.5 Å². The second-order valence-electron chi connectivity index (χ2n) is 3.56. The van der Waals surface area contributed by atoms with E-state index < -0.39 is 6.43 Å². The second kappa shape index (κ2) is 5.01. The van der Waals surface area contributed by atoms with E-state index in [1.165, 1.54) is 19.1 Å². The number of rotatable bonds is 4. The molecule has 0 fully saturated rings. The Morgan fingerprint density at radius 2 is 2.00 bits per heavy atom. The molecule has 1 aromatic rings. The zero-order valence-electron chi connectivity index (χ0n) is 8.89. The molecule has 0 aliphatic rings. The molecule has 0 atom stereocenters. The Bertz CT molecular complexity index is 359. The third-order valence-corrected chi connectivity index (χ3v) is 2.30. The third kappa shape index (κ3) is 3.11. The summed E-state index contributed by atoms with van der Waals surface area (Å²) < 4.78 is 24.8. The monoisotopic (exact) mass is 212 g/mol. The van der Waals surface area contributed by atoms with Crippen LogP contribution in [0, 0.1) is 0 Å². The Morgan fingerprint density at radius 1 is 1.33 bits per heavy atom. The van der Waals surface area contributed by atoms with Crippen molar-refractivity contribution in [2.45, 2.75) is 33.1 Å². The first-order chi connectivity index (χ1) is 7.04. The van der Waals surface area contributed by atoms with Crippen LogP contribution in [0.25, 0.3) is 0 Å².